The van der Waals surface area contributed by atoms with Crippen LogP contribution in [0, 0.1) is 0 Å². The smallest absolute Gasteiger partial charge is 0.160 e. The Hall–Kier alpha value is -7.37. The largest absolute Gasteiger partial charge is 0.255 e. The fourth-order valence-corrected chi connectivity index (χ4v) is 7.18. The highest BCUT2D eigenvalue weighted by Crippen LogP contribution is 2.37. The van der Waals surface area contributed by atoms with Crippen molar-refractivity contribution in [1.82, 2.24) is 24.9 Å². The minimum absolute atomic E-state index is 0.632. The molecule has 0 fully saturated rings. The minimum Gasteiger partial charge on any atom is -0.255 e. The maximum atomic E-state index is 5.32. The second-order valence-electron chi connectivity index (χ2n) is 13.3. The van der Waals surface area contributed by atoms with Gasteiger partial charge in [0, 0.05) is 39.2 Å². The van der Waals surface area contributed by atoms with Crippen molar-refractivity contribution in [1.29, 1.82) is 0 Å². The molecule has 0 saturated carbocycles. The average molecular weight is 690 g/mol. The highest BCUT2D eigenvalue weighted by atomic mass is 14.9. The van der Waals surface area contributed by atoms with E-state index < -0.39 is 0 Å². The normalized spacial score (nSPS) is 11.3. The molecule has 252 valence electrons. The summed E-state index contributed by atoms with van der Waals surface area (Å²) >= 11 is 0. The quantitative estimate of drug-likeness (QED) is 0.163. The Morgan fingerprint density at radius 3 is 1.74 bits per heavy atom. The number of pyridine rings is 3. The fraction of sp³-hybridized carbons (Fsp3) is 0. The van der Waals surface area contributed by atoms with Gasteiger partial charge in [-0.15, -0.1) is 0 Å². The molecule has 5 nitrogen and oxygen atoms in total. The molecule has 0 aliphatic heterocycles. The zero-order valence-corrected chi connectivity index (χ0v) is 29.1. The highest BCUT2D eigenvalue weighted by molar-refractivity contribution is 6.10. The lowest BCUT2D eigenvalue weighted by Gasteiger charge is -2.14. The molecule has 0 N–H and O–H groups in total. The molecule has 0 saturated heterocycles. The van der Waals surface area contributed by atoms with Crippen LogP contribution in [0.25, 0.3) is 100 Å². The summed E-state index contributed by atoms with van der Waals surface area (Å²) in [7, 11) is 0. The van der Waals surface area contributed by atoms with Gasteiger partial charge in [-0.2, -0.15) is 0 Å². The van der Waals surface area contributed by atoms with Gasteiger partial charge in [-0.1, -0.05) is 140 Å². The van der Waals surface area contributed by atoms with E-state index in [-0.39, 0.29) is 0 Å². The van der Waals surface area contributed by atoms with Crippen molar-refractivity contribution in [2.24, 2.45) is 0 Å². The molecule has 0 spiro atoms. The Kier molecular flexibility index (Phi) is 7.73. The van der Waals surface area contributed by atoms with Gasteiger partial charge in [-0.3, -0.25) is 4.98 Å². The molecule has 0 amide bonds. The van der Waals surface area contributed by atoms with Crippen molar-refractivity contribution in [3.8, 4) is 67.7 Å². The van der Waals surface area contributed by atoms with Crippen LogP contribution in [0.1, 0.15) is 0 Å². The van der Waals surface area contributed by atoms with Gasteiger partial charge in [0.1, 0.15) is 0 Å². The van der Waals surface area contributed by atoms with Gasteiger partial charge >= 0.3 is 0 Å². The summed E-state index contributed by atoms with van der Waals surface area (Å²) in [6.45, 7) is 0. The first kappa shape index (κ1) is 31.4. The Balaban J connectivity index is 1.16. The van der Waals surface area contributed by atoms with Gasteiger partial charge < -0.3 is 0 Å². The lowest BCUT2D eigenvalue weighted by atomic mass is 9.95. The second-order valence-corrected chi connectivity index (χ2v) is 13.3. The van der Waals surface area contributed by atoms with Gasteiger partial charge in [0.15, 0.2) is 5.82 Å². The van der Waals surface area contributed by atoms with Crippen LogP contribution in [-0.2, 0) is 0 Å². The van der Waals surface area contributed by atoms with Crippen molar-refractivity contribution < 1.29 is 0 Å². The number of hydrogen-bond acceptors (Lipinski definition) is 5. The third-order valence-electron chi connectivity index (χ3n) is 9.91. The van der Waals surface area contributed by atoms with E-state index in [1.165, 1.54) is 10.8 Å². The highest BCUT2D eigenvalue weighted by Gasteiger charge is 2.17. The van der Waals surface area contributed by atoms with Crippen molar-refractivity contribution in [2.45, 2.75) is 0 Å². The molecule has 0 aliphatic rings. The molecule has 4 heterocycles. The summed E-state index contributed by atoms with van der Waals surface area (Å²) in [5.41, 5.74) is 12.1. The summed E-state index contributed by atoms with van der Waals surface area (Å²) in [4.78, 5) is 25.4. The predicted molar refractivity (Wildman–Crippen MR) is 221 cm³/mol. The van der Waals surface area contributed by atoms with Crippen LogP contribution < -0.4 is 0 Å². The first-order chi connectivity index (χ1) is 26.7. The molecular formula is C49H31N5. The molecular weight excluding hydrogens is 659 g/mol. The predicted octanol–water partition coefficient (Wildman–Crippen LogP) is 12.1. The molecule has 0 atom stereocenters. The summed E-state index contributed by atoms with van der Waals surface area (Å²) in [6, 6.07) is 62.7. The summed E-state index contributed by atoms with van der Waals surface area (Å²) in [5, 5.41) is 4.46. The van der Waals surface area contributed by atoms with Crippen molar-refractivity contribution >= 4 is 32.6 Å². The number of nitrogens with zero attached hydrogens (tertiary/aromatic N) is 5. The van der Waals surface area contributed by atoms with E-state index in [0.29, 0.717) is 5.82 Å². The van der Waals surface area contributed by atoms with Crippen LogP contribution in [0.5, 0.6) is 0 Å². The van der Waals surface area contributed by atoms with E-state index in [0.717, 1.165) is 83.7 Å². The van der Waals surface area contributed by atoms with Gasteiger partial charge in [0.05, 0.1) is 39.5 Å². The Bertz CT molecular complexity index is 2920. The van der Waals surface area contributed by atoms with E-state index in [1.54, 1.807) is 6.20 Å². The summed E-state index contributed by atoms with van der Waals surface area (Å²) in [6.07, 6.45) is 1.79. The minimum atomic E-state index is 0.632. The number of aromatic nitrogens is 5. The first-order valence-corrected chi connectivity index (χ1v) is 18.0. The topological polar surface area (TPSA) is 64.5 Å². The van der Waals surface area contributed by atoms with Crippen LogP contribution in [0.3, 0.4) is 0 Å². The Morgan fingerprint density at radius 2 is 0.944 bits per heavy atom. The number of rotatable bonds is 6. The molecule has 0 unspecified atom stereocenters. The number of benzene rings is 6. The van der Waals surface area contributed by atoms with Gasteiger partial charge in [0.2, 0.25) is 0 Å². The van der Waals surface area contributed by atoms with Crippen molar-refractivity contribution in [3.05, 3.63) is 188 Å². The van der Waals surface area contributed by atoms with Crippen molar-refractivity contribution in [2.75, 3.05) is 0 Å². The second kappa shape index (κ2) is 13.3. The molecule has 54 heavy (non-hydrogen) atoms. The van der Waals surface area contributed by atoms with Crippen LogP contribution in [-0.4, -0.2) is 24.9 Å². The van der Waals surface area contributed by atoms with E-state index in [2.05, 4.69) is 138 Å². The zero-order chi connectivity index (χ0) is 35.8. The molecule has 0 aliphatic carbocycles. The molecule has 10 aromatic rings. The fourth-order valence-electron chi connectivity index (χ4n) is 7.18. The summed E-state index contributed by atoms with van der Waals surface area (Å²) < 4.78 is 0. The monoisotopic (exact) mass is 689 g/mol. The Labute approximate surface area is 312 Å². The lowest BCUT2D eigenvalue weighted by Crippen LogP contribution is -1.97. The summed E-state index contributed by atoms with van der Waals surface area (Å²) in [5.74, 6) is 0.632. The maximum Gasteiger partial charge on any atom is 0.160 e. The van der Waals surface area contributed by atoms with E-state index in [4.69, 9.17) is 19.9 Å². The van der Waals surface area contributed by atoms with Gasteiger partial charge in [-0.05, 0) is 64.4 Å². The van der Waals surface area contributed by atoms with Gasteiger partial charge in [0.25, 0.3) is 0 Å². The van der Waals surface area contributed by atoms with Crippen LogP contribution in [0.2, 0.25) is 0 Å². The maximum absolute atomic E-state index is 5.32. The first-order valence-electron chi connectivity index (χ1n) is 18.0. The molecule has 10 rings (SSSR count). The molecule has 0 bridgehead atoms. The standard InChI is InChI=1S/C49H31N5/c1-3-13-33(14-4-1)44-30-41(40-25-23-35-24-26-42(51-47(35)48(40)52-44)38-22-21-32-12-7-8-17-36(32)28-38)37-18-11-19-39(29-37)49-53-45(34-15-5-2-6-16-34)31-46(54-49)43-20-9-10-27-50-43/h1-31H. The third-order valence-corrected chi connectivity index (χ3v) is 9.91. The zero-order valence-electron chi connectivity index (χ0n) is 29.1. The molecule has 5 heteroatoms. The van der Waals surface area contributed by atoms with Crippen LogP contribution in [0.4, 0.5) is 0 Å². The molecule has 6 aromatic carbocycles. The van der Waals surface area contributed by atoms with E-state index in [9.17, 15) is 0 Å². The van der Waals surface area contributed by atoms with E-state index >= 15 is 0 Å². The van der Waals surface area contributed by atoms with Gasteiger partial charge in [-0.25, -0.2) is 19.9 Å². The SMILES string of the molecule is c1ccc(-c2cc(-c3ccccn3)nc(-c3cccc(-c4cc(-c5ccccc5)nc5c4ccc4ccc(-c6ccc7ccccc7c6)nc45)c3)n2)cc1. The van der Waals surface area contributed by atoms with Crippen LogP contribution >= 0.6 is 0 Å². The molecule has 4 aromatic heterocycles. The number of fused-ring (bicyclic) bond motifs is 4. The lowest BCUT2D eigenvalue weighted by molar-refractivity contribution is 1.16. The third kappa shape index (κ3) is 5.84. The van der Waals surface area contributed by atoms with Crippen LogP contribution in [0.15, 0.2) is 188 Å². The Morgan fingerprint density at radius 1 is 0.296 bits per heavy atom. The molecule has 0 radical (unpaired) electrons. The average Bonchev–Trinajstić information content (AvgIpc) is 3.26. The van der Waals surface area contributed by atoms with E-state index in [1.807, 2.05) is 48.5 Å². The number of hydrogen-bond donors (Lipinski definition) is 0. The van der Waals surface area contributed by atoms with Crippen molar-refractivity contribution in [3.63, 3.8) is 0 Å².